The summed E-state index contributed by atoms with van der Waals surface area (Å²) in [6.07, 6.45) is 0. The number of carbonyl (C=O) groups is 2. The number of nitrogens with one attached hydrogen (secondary N) is 2. The van der Waals surface area contributed by atoms with Crippen molar-refractivity contribution in [3.63, 3.8) is 0 Å². The topological polar surface area (TPSA) is 70.7 Å². The number of benzene rings is 3. The van der Waals surface area contributed by atoms with Crippen LogP contribution in [0.5, 0.6) is 5.75 Å². The summed E-state index contributed by atoms with van der Waals surface area (Å²) in [5, 5.41) is 5.91. The lowest BCUT2D eigenvalue weighted by molar-refractivity contribution is -0.114. The van der Waals surface area contributed by atoms with Crippen LogP contribution < -0.4 is 15.4 Å². The molecular weight excluding hydrogens is 378 g/mol. The summed E-state index contributed by atoms with van der Waals surface area (Å²) in [6.45, 7) is 0.572. The summed E-state index contributed by atoms with van der Waals surface area (Å²) in [7, 11) is 3.42. The second-order valence-corrected chi connectivity index (χ2v) is 6.98. The van der Waals surface area contributed by atoms with Crippen LogP contribution in [0.25, 0.3) is 0 Å². The lowest BCUT2D eigenvalue weighted by Gasteiger charge is -2.12. The first kappa shape index (κ1) is 20.9. The molecule has 0 heterocycles. The van der Waals surface area contributed by atoms with E-state index in [-0.39, 0.29) is 18.4 Å². The highest BCUT2D eigenvalue weighted by molar-refractivity contribution is 5.95. The van der Waals surface area contributed by atoms with E-state index in [1.165, 1.54) is 4.90 Å². The molecule has 0 unspecified atom stereocenters. The molecule has 0 radical (unpaired) electrons. The summed E-state index contributed by atoms with van der Waals surface area (Å²) in [6, 6.07) is 24.2. The van der Waals surface area contributed by atoms with Gasteiger partial charge in [-0.3, -0.25) is 9.59 Å². The Bertz CT molecular complexity index is 986. The van der Waals surface area contributed by atoms with Gasteiger partial charge < -0.3 is 20.3 Å². The summed E-state index contributed by atoms with van der Waals surface area (Å²) in [5.41, 5.74) is 3.11. The van der Waals surface area contributed by atoms with Crippen molar-refractivity contribution < 1.29 is 14.3 Å². The van der Waals surface area contributed by atoms with E-state index in [1.807, 2.05) is 48.5 Å². The van der Waals surface area contributed by atoms with E-state index in [0.29, 0.717) is 23.6 Å². The summed E-state index contributed by atoms with van der Waals surface area (Å²) in [5.74, 6) is 0.447. The van der Waals surface area contributed by atoms with Crippen LogP contribution in [0.2, 0.25) is 0 Å². The van der Waals surface area contributed by atoms with E-state index < -0.39 is 0 Å². The largest absolute Gasteiger partial charge is 0.489 e. The Morgan fingerprint density at radius 2 is 1.60 bits per heavy atom. The molecule has 0 aliphatic carbocycles. The molecule has 2 amide bonds. The molecule has 30 heavy (non-hydrogen) atoms. The minimum atomic E-state index is -0.177. The van der Waals surface area contributed by atoms with Crippen molar-refractivity contribution in [1.82, 2.24) is 4.90 Å². The predicted octanol–water partition coefficient (Wildman–Crippen LogP) is 4.02. The Balaban J connectivity index is 1.49. The van der Waals surface area contributed by atoms with Crippen molar-refractivity contribution in [2.75, 3.05) is 31.3 Å². The van der Waals surface area contributed by atoms with Crippen molar-refractivity contribution in [3.8, 4) is 5.75 Å². The molecule has 154 valence electrons. The molecule has 0 saturated carbocycles. The highest BCUT2D eigenvalue weighted by Gasteiger charge is 2.08. The molecule has 0 saturated heterocycles. The molecule has 0 aliphatic rings. The Hall–Kier alpha value is -3.80. The number of nitrogens with zero attached hydrogens (tertiary/aromatic N) is 1. The molecule has 0 spiro atoms. The number of hydrogen-bond donors (Lipinski definition) is 2. The van der Waals surface area contributed by atoms with Crippen molar-refractivity contribution in [2.24, 2.45) is 0 Å². The highest BCUT2D eigenvalue weighted by atomic mass is 16.5. The van der Waals surface area contributed by atoms with Crippen LogP contribution in [0, 0.1) is 0 Å². The maximum atomic E-state index is 12.3. The maximum absolute atomic E-state index is 12.3. The molecule has 0 aliphatic heterocycles. The molecule has 0 bridgehead atoms. The maximum Gasteiger partial charge on any atom is 0.253 e. The lowest BCUT2D eigenvalue weighted by atomic mass is 10.2. The van der Waals surface area contributed by atoms with Gasteiger partial charge in [-0.2, -0.15) is 0 Å². The van der Waals surface area contributed by atoms with E-state index in [9.17, 15) is 9.59 Å². The third-order valence-electron chi connectivity index (χ3n) is 4.36. The van der Waals surface area contributed by atoms with Gasteiger partial charge in [0.15, 0.2) is 0 Å². The third kappa shape index (κ3) is 6.10. The van der Waals surface area contributed by atoms with Gasteiger partial charge in [-0.1, -0.05) is 36.4 Å². The van der Waals surface area contributed by atoms with Crippen LogP contribution in [0.4, 0.5) is 11.4 Å². The summed E-state index contributed by atoms with van der Waals surface area (Å²) < 4.78 is 5.79. The van der Waals surface area contributed by atoms with Crippen LogP contribution in [0.1, 0.15) is 15.9 Å². The molecule has 3 aromatic carbocycles. The average Bonchev–Trinajstić information content (AvgIpc) is 2.77. The monoisotopic (exact) mass is 403 g/mol. The van der Waals surface area contributed by atoms with Crippen LogP contribution >= 0.6 is 0 Å². The molecule has 3 rings (SSSR count). The second-order valence-electron chi connectivity index (χ2n) is 6.98. The van der Waals surface area contributed by atoms with Crippen LogP contribution in [0.15, 0.2) is 78.9 Å². The van der Waals surface area contributed by atoms with Crippen molar-refractivity contribution in [2.45, 2.75) is 6.61 Å². The van der Waals surface area contributed by atoms with Crippen LogP contribution in [-0.2, 0) is 11.4 Å². The number of carbonyl (C=O) groups excluding carboxylic acids is 2. The van der Waals surface area contributed by atoms with Crippen LogP contribution in [-0.4, -0.2) is 37.4 Å². The normalized spacial score (nSPS) is 10.2. The molecule has 0 aromatic heterocycles. The van der Waals surface area contributed by atoms with Gasteiger partial charge in [0.2, 0.25) is 5.91 Å². The first-order valence-electron chi connectivity index (χ1n) is 9.63. The Morgan fingerprint density at radius 3 is 2.30 bits per heavy atom. The standard InChI is InChI=1S/C24H25N3O3/c1-27(2)24(29)19-11-13-20(14-12-19)25-16-23(28)26-21-9-6-10-22(15-21)30-17-18-7-4-3-5-8-18/h3-15,25H,16-17H2,1-2H3,(H,26,28). The molecule has 0 atom stereocenters. The van der Waals surface area contributed by atoms with Gasteiger partial charge in [-0.15, -0.1) is 0 Å². The molecule has 0 fully saturated rings. The average molecular weight is 403 g/mol. The Morgan fingerprint density at radius 1 is 0.867 bits per heavy atom. The molecule has 6 nitrogen and oxygen atoms in total. The number of hydrogen-bond acceptors (Lipinski definition) is 4. The van der Waals surface area contributed by atoms with Gasteiger partial charge in [0.25, 0.3) is 5.91 Å². The summed E-state index contributed by atoms with van der Waals surface area (Å²) >= 11 is 0. The number of rotatable bonds is 8. The van der Waals surface area contributed by atoms with Gasteiger partial charge in [0, 0.05) is 37.1 Å². The van der Waals surface area contributed by atoms with Crippen molar-refractivity contribution in [3.05, 3.63) is 90.0 Å². The van der Waals surface area contributed by atoms with Crippen LogP contribution in [0.3, 0.4) is 0 Å². The zero-order valence-corrected chi connectivity index (χ0v) is 17.1. The highest BCUT2D eigenvalue weighted by Crippen LogP contribution is 2.19. The van der Waals surface area contributed by atoms with E-state index in [4.69, 9.17) is 4.74 Å². The minimum absolute atomic E-state index is 0.0614. The number of ether oxygens (including phenoxy) is 1. The molecule has 2 N–H and O–H groups in total. The first-order valence-corrected chi connectivity index (χ1v) is 9.63. The predicted molar refractivity (Wildman–Crippen MR) is 119 cm³/mol. The smallest absolute Gasteiger partial charge is 0.253 e. The zero-order valence-electron chi connectivity index (χ0n) is 17.1. The SMILES string of the molecule is CN(C)C(=O)c1ccc(NCC(=O)Nc2cccc(OCc3ccccc3)c2)cc1. The third-order valence-corrected chi connectivity index (χ3v) is 4.36. The molecule has 3 aromatic rings. The zero-order chi connectivity index (χ0) is 21.3. The molecular formula is C24H25N3O3. The Kier molecular flexibility index (Phi) is 7.05. The van der Waals surface area contributed by atoms with E-state index >= 15 is 0 Å². The Labute approximate surface area is 176 Å². The van der Waals surface area contributed by atoms with E-state index in [2.05, 4.69) is 10.6 Å². The number of amides is 2. The van der Waals surface area contributed by atoms with Crippen molar-refractivity contribution in [1.29, 1.82) is 0 Å². The fraction of sp³-hybridized carbons (Fsp3) is 0.167. The molecule has 6 heteroatoms. The second kappa shape index (κ2) is 10.1. The van der Waals surface area contributed by atoms with Gasteiger partial charge in [-0.05, 0) is 42.0 Å². The number of anilines is 2. The first-order chi connectivity index (χ1) is 14.5. The summed E-state index contributed by atoms with van der Waals surface area (Å²) in [4.78, 5) is 25.7. The fourth-order valence-electron chi connectivity index (χ4n) is 2.78. The fourth-order valence-corrected chi connectivity index (χ4v) is 2.78. The van der Waals surface area contributed by atoms with Crippen molar-refractivity contribution >= 4 is 23.2 Å². The van der Waals surface area contributed by atoms with E-state index in [1.54, 1.807) is 44.4 Å². The minimum Gasteiger partial charge on any atom is -0.489 e. The van der Waals surface area contributed by atoms with Gasteiger partial charge in [-0.25, -0.2) is 0 Å². The quantitative estimate of drug-likeness (QED) is 0.596. The van der Waals surface area contributed by atoms with Gasteiger partial charge in [0.05, 0.1) is 6.54 Å². The van der Waals surface area contributed by atoms with Gasteiger partial charge >= 0.3 is 0 Å². The lowest BCUT2D eigenvalue weighted by Crippen LogP contribution is -2.22. The van der Waals surface area contributed by atoms with Gasteiger partial charge in [0.1, 0.15) is 12.4 Å². The van der Waals surface area contributed by atoms with E-state index in [0.717, 1.165) is 11.3 Å².